The van der Waals surface area contributed by atoms with E-state index in [0.29, 0.717) is 37.6 Å². The van der Waals surface area contributed by atoms with Gasteiger partial charge in [-0.3, -0.25) is 4.79 Å². The summed E-state index contributed by atoms with van der Waals surface area (Å²) in [6, 6.07) is 12.8. The summed E-state index contributed by atoms with van der Waals surface area (Å²) < 4.78 is 33.1. The number of nitrogens with zero attached hydrogens (tertiary/aromatic N) is 2. The summed E-state index contributed by atoms with van der Waals surface area (Å²) in [5.74, 6) is 0.198. The highest BCUT2D eigenvalue weighted by atomic mass is 32.2. The Morgan fingerprint density at radius 1 is 1.07 bits per heavy atom. The number of rotatable bonds is 3. The molecule has 1 amide bonds. The van der Waals surface area contributed by atoms with Gasteiger partial charge in [0.1, 0.15) is 5.75 Å². The van der Waals surface area contributed by atoms with Gasteiger partial charge in [0.25, 0.3) is 5.91 Å². The predicted molar refractivity (Wildman–Crippen MR) is 107 cm³/mol. The fourth-order valence-corrected chi connectivity index (χ4v) is 4.96. The molecule has 2 heterocycles. The van der Waals surface area contributed by atoms with Gasteiger partial charge in [-0.1, -0.05) is 12.1 Å². The van der Waals surface area contributed by atoms with Gasteiger partial charge in [0, 0.05) is 31.9 Å². The van der Waals surface area contributed by atoms with Gasteiger partial charge in [0.15, 0.2) is 6.10 Å². The first kappa shape index (κ1) is 18.8. The van der Waals surface area contributed by atoms with E-state index < -0.39 is 16.1 Å². The van der Waals surface area contributed by atoms with Crippen LogP contribution < -0.4 is 15.0 Å². The summed E-state index contributed by atoms with van der Waals surface area (Å²) in [7, 11) is -3.64. The van der Waals surface area contributed by atoms with Crippen LogP contribution in [0.4, 0.5) is 11.4 Å². The molecule has 2 aliphatic heterocycles. The lowest BCUT2D eigenvalue weighted by atomic mass is 10.2. The number of amides is 1. The second-order valence-corrected chi connectivity index (χ2v) is 9.08. The van der Waals surface area contributed by atoms with Crippen LogP contribution in [0.1, 0.15) is 12.5 Å². The fraction of sp³-hybridized carbons (Fsp3) is 0.350. The zero-order chi connectivity index (χ0) is 19.9. The molecular formula is C20H23N3O4S. The van der Waals surface area contributed by atoms with Crippen molar-refractivity contribution in [2.24, 2.45) is 0 Å². The van der Waals surface area contributed by atoms with Crippen molar-refractivity contribution in [3.63, 3.8) is 0 Å². The van der Waals surface area contributed by atoms with Gasteiger partial charge in [-0.15, -0.1) is 0 Å². The fourth-order valence-electron chi connectivity index (χ4n) is 3.51. The minimum Gasteiger partial charge on any atom is -0.479 e. The van der Waals surface area contributed by atoms with Gasteiger partial charge in [-0.25, -0.2) is 8.42 Å². The van der Waals surface area contributed by atoms with Gasteiger partial charge in [-0.05, 0) is 49.7 Å². The second-order valence-electron chi connectivity index (χ2n) is 7.14. The van der Waals surface area contributed by atoms with Crippen LogP contribution in [0.3, 0.4) is 0 Å². The quantitative estimate of drug-likeness (QED) is 0.853. The number of hydrogen-bond donors (Lipinski definition) is 1. The third kappa shape index (κ3) is 3.45. The van der Waals surface area contributed by atoms with Crippen LogP contribution in [0.15, 0.2) is 47.4 Å². The average molecular weight is 401 g/mol. The smallest absolute Gasteiger partial charge is 0.265 e. The summed E-state index contributed by atoms with van der Waals surface area (Å²) in [6.45, 7) is 5.77. The van der Waals surface area contributed by atoms with Crippen molar-refractivity contribution in [1.29, 1.82) is 0 Å². The molecule has 2 aromatic carbocycles. The molecule has 1 atom stereocenters. The average Bonchev–Trinajstić information content (AvgIpc) is 2.68. The van der Waals surface area contributed by atoms with Gasteiger partial charge in [-0.2, -0.15) is 4.31 Å². The van der Waals surface area contributed by atoms with Crippen LogP contribution in [-0.2, 0) is 14.8 Å². The summed E-state index contributed by atoms with van der Waals surface area (Å²) >= 11 is 0. The Bertz CT molecular complexity index is 1010. The Labute approximate surface area is 165 Å². The van der Waals surface area contributed by atoms with Crippen molar-refractivity contribution in [2.75, 3.05) is 36.4 Å². The molecule has 4 rings (SSSR count). The van der Waals surface area contributed by atoms with Crippen LogP contribution in [0, 0.1) is 6.92 Å². The maximum absolute atomic E-state index is 13.1. The molecule has 2 aliphatic rings. The van der Waals surface area contributed by atoms with Gasteiger partial charge < -0.3 is 15.0 Å². The number of fused-ring (bicyclic) bond motifs is 1. The summed E-state index contributed by atoms with van der Waals surface area (Å²) in [5.41, 5.74) is 2.68. The third-order valence-corrected chi connectivity index (χ3v) is 7.02. The number of sulfonamides is 1. The molecule has 148 valence electrons. The highest BCUT2D eigenvalue weighted by molar-refractivity contribution is 7.89. The van der Waals surface area contributed by atoms with Crippen LogP contribution >= 0.6 is 0 Å². The molecule has 28 heavy (non-hydrogen) atoms. The van der Waals surface area contributed by atoms with Crippen LogP contribution in [-0.4, -0.2) is 50.9 Å². The van der Waals surface area contributed by atoms with Crippen LogP contribution in [0.2, 0.25) is 0 Å². The Morgan fingerprint density at radius 2 is 1.82 bits per heavy atom. The van der Waals surface area contributed by atoms with E-state index in [0.717, 1.165) is 5.69 Å². The molecule has 1 unspecified atom stereocenters. The Morgan fingerprint density at radius 3 is 2.54 bits per heavy atom. The number of anilines is 2. The van der Waals surface area contributed by atoms with E-state index in [2.05, 4.69) is 16.3 Å². The predicted octanol–water partition coefficient (Wildman–Crippen LogP) is 2.23. The minimum absolute atomic E-state index is 0.161. The molecular weight excluding hydrogens is 378 g/mol. The van der Waals surface area contributed by atoms with E-state index in [1.165, 1.54) is 22.0 Å². The Kier molecular flexibility index (Phi) is 4.76. The normalized spacial score (nSPS) is 20.3. The van der Waals surface area contributed by atoms with E-state index >= 15 is 0 Å². The van der Waals surface area contributed by atoms with Crippen LogP contribution in [0.5, 0.6) is 5.75 Å². The Balaban J connectivity index is 1.51. The van der Waals surface area contributed by atoms with Crippen molar-refractivity contribution in [2.45, 2.75) is 24.8 Å². The lowest BCUT2D eigenvalue weighted by Gasteiger charge is -2.35. The lowest BCUT2D eigenvalue weighted by molar-refractivity contribution is -0.122. The molecule has 0 aliphatic carbocycles. The number of carbonyl (C=O) groups excluding carboxylic acids is 1. The molecule has 1 fully saturated rings. The number of ether oxygens (including phenoxy) is 1. The number of hydrogen-bond acceptors (Lipinski definition) is 5. The number of carbonyl (C=O) groups is 1. The van der Waals surface area contributed by atoms with E-state index in [-0.39, 0.29) is 10.8 Å². The van der Waals surface area contributed by atoms with Gasteiger partial charge >= 0.3 is 0 Å². The molecule has 0 bridgehead atoms. The van der Waals surface area contributed by atoms with Crippen molar-refractivity contribution in [3.8, 4) is 5.75 Å². The molecule has 7 nitrogen and oxygen atoms in total. The van der Waals surface area contributed by atoms with Crippen molar-refractivity contribution in [3.05, 3.63) is 48.0 Å². The SMILES string of the molecule is Cc1cccc(N2CCN(S(=O)(=O)c3ccc4c(c3)NC(=O)C(C)O4)CC2)c1. The number of nitrogens with one attached hydrogen (secondary N) is 1. The molecule has 1 N–H and O–H groups in total. The largest absolute Gasteiger partial charge is 0.479 e. The lowest BCUT2D eigenvalue weighted by Crippen LogP contribution is -2.48. The maximum Gasteiger partial charge on any atom is 0.265 e. The highest BCUT2D eigenvalue weighted by Gasteiger charge is 2.31. The molecule has 2 aromatic rings. The number of aryl methyl sites for hydroxylation is 1. The molecule has 0 radical (unpaired) electrons. The van der Waals surface area contributed by atoms with E-state index in [4.69, 9.17) is 4.74 Å². The molecule has 0 saturated carbocycles. The zero-order valence-corrected chi connectivity index (χ0v) is 16.7. The standard InChI is InChI=1S/C20H23N3O4S/c1-14-4-3-5-16(12-14)22-8-10-23(11-9-22)28(25,26)17-6-7-19-18(13-17)21-20(24)15(2)27-19/h3-7,12-13,15H,8-11H2,1-2H3,(H,21,24). The number of benzene rings is 2. The van der Waals surface area contributed by atoms with Crippen molar-refractivity contribution >= 4 is 27.3 Å². The topological polar surface area (TPSA) is 79.0 Å². The van der Waals surface area contributed by atoms with Crippen LogP contribution in [0.25, 0.3) is 0 Å². The zero-order valence-electron chi connectivity index (χ0n) is 15.9. The maximum atomic E-state index is 13.1. The second kappa shape index (κ2) is 7.10. The first-order valence-corrected chi connectivity index (χ1v) is 10.7. The van der Waals surface area contributed by atoms with E-state index in [1.807, 2.05) is 25.1 Å². The molecule has 0 aromatic heterocycles. The summed E-state index contributed by atoms with van der Waals surface area (Å²) in [6.07, 6.45) is -0.593. The van der Waals surface area contributed by atoms with Gasteiger partial charge in [0.05, 0.1) is 10.6 Å². The highest BCUT2D eigenvalue weighted by Crippen LogP contribution is 2.33. The third-order valence-electron chi connectivity index (χ3n) is 5.13. The Hall–Kier alpha value is -2.58. The van der Waals surface area contributed by atoms with Crippen molar-refractivity contribution in [1.82, 2.24) is 4.31 Å². The van der Waals surface area contributed by atoms with E-state index in [9.17, 15) is 13.2 Å². The summed E-state index contributed by atoms with van der Waals surface area (Å²) in [4.78, 5) is 14.2. The first-order chi connectivity index (χ1) is 13.3. The molecule has 8 heteroatoms. The number of piperazine rings is 1. The minimum atomic E-state index is -3.64. The molecule has 1 saturated heterocycles. The van der Waals surface area contributed by atoms with Crippen molar-refractivity contribution < 1.29 is 17.9 Å². The molecule has 0 spiro atoms. The first-order valence-electron chi connectivity index (χ1n) is 9.28. The summed E-state index contributed by atoms with van der Waals surface area (Å²) in [5, 5.41) is 2.70. The van der Waals surface area contributed by atoms with E-state index in [1.54, 1.807) is 13.0 Å². The van der Waals surface area contributed by atoms with Gasteiger partial charge in [0.2, 0.25) is 10.0 Å². The monoisotopic (exact) mass is 401 g/mol.